The molecular weight excluding hydrogens is 198 g/mol. The maximum absolute atomic E-state index is 11.5. The van der Waals surface area contributed by atoms with Crippen molar-refractivity contribution in [3.05, 3.63) is 23.3 Å². The van der Waals surface area contributed by atoms with Gasteiger partial charge in [-0.2, -0.15) is 0 Å². The number of carbonyl (C=O) groups excluding carboxylic acids is 1. The molecule has 1 atom stereocenters. The Morgan fingerprint density at radius 1 is 1.53 bits per heavy atom. The molecule has 1 heterocycles. The Hall–Kier alpha value is -1.65. The number of hydrogen-bond acceptors (Lipinski definition) is 5. The van der Waals surface area contributed by atoms with E-state index in [1.54, 1.807) is 6.08 Å². The topological polar surface area (TPSA) is 70.8 Å². The summed E-state index contributed by atoms with van der Waals surface area (Å²) in [6.45, 7) is 0.904. The molecule has 5 heteroatoms. The van der Waals surface area contributed by atoms with E-state index in [1.807, 2.05) is 0 Å². The van der Waals surface area contributed by atoms with Crippen molar-refractivity contribution in [2.45, 2.75) is 6.42 Å². The number of esters is 1. The van der Waals surface area contributed by atoms with Crippen LogP contribution in [0.25, 0.3) is 0 Å². The van der Waals surface area contributed by atoms with Crippen molar-refractivity contribution >= 4 is 5.97 Å². The molecule has 1 aliphatic carbocycles. The van der Waals surface area contributed by atoms with Crippen LogP contribution in [-0.4, -0.2) is 26.3 Å². The fourth-order valence-electron chi connectivity index (χ4n) is 1.71. The van der Waals surface area contributed by atoms with E-state index in [0.717, 1.165) is 0 Å². The van der Waals surface area contributed by atoms with Crippen molar-refractivity contribution in [3.8, 4) is 0 Å². The molecule has 0 aromatic carbocycles. The quantitative estimate of drug-likeness (QED) is 0.631. The number of rotatable bonds is 1. The highest BCUT2D eigenvalue weighted by atomic mass is 16.6. The van der Waals surface area contributed by atoms with Gasteiger partial charge in [-0.05, 0) is 6.42 Å². The molecule has 2 rings (SSSR count). The third-order valence-corrected chi connectivity index (χ3v) is 2.45. The van der Waals surface area contributed by atoms with Crippen molar-refractivity contribution in [2.24, 2.45) is 11.7 Å². The molecule has 0 spiro atoms. The number of nitrogens with two attached hydrogens (primary N) is 1. The zero-order valence-electron chi connectivity index (χ0n) is 8.49. The van der Waals surface area contributed by atoms with Gasteiger partial charge >= 0.3 is 5.97 Å². The number of ether oxygens (including phenoxy) is 3. The molecule has 0 bridgehead atoms. The molecule has 0 fully saturated rings. The largest absolute Gasteiger partial charge is 0.489 e. The maximum Gasteiger partial charge on any atom is 0.316 e. The molecule has 0 amide bonds. The summed E-state index contributed by atoms with van der Waals surface area (Å²) in [6, 6.07) is 0. The van der Waals surface area contributed by atoms with Gasteiger partial charge in [-0.3, -0.25) is 4.79 Å². The van der Waals surface area contributed by atoms with Crippen LogP contribution in [0.1, 0.15) is 6.42 Å². The Morgan fingerprint density at radius 2 is 2.27 bits per heavy atom. The fraction of sp³-hybridized carbons (Fsp3) is 0.500. The van der Waals surface area contributed by atoms with Crippen LogP contribution < -0.4 is 5.73 Å². The molecule has 15 heavy (non-hydrogen) atoms. The number of allylic oxidation sites excluding steroid dienone is 1. The average molecular weight is 211 g/mol. The summed E-state index contributed by atoms with van der Waals surface area (Å²) >= 11 is 0. The Morgan fingerprint density at radius 3 is 3.00 bits per heavy atom. The van der Waals surface area contributed by atoms with Crippen molar-refractivity contribution in [1.82, 2.24) is 0 Å². The summed E-state index contributed by atoms with van der Waals surface area (Å²) in [5.41, 5.74) is 6.27. The second kappa shape index (κ2) is 3.84. The Bertz CT molecular complexity index is 345. The van der Waals surface area contributed by atoms with Gasteiger partial charge in [0.15, 0.2) is 11.5 Å². The monoisotopic (exact) mass is 211 g/mol. The van der Waals surface area contributed by atoms with Gasteiger partial charge in [-0.25, -0.2) is 0 Å². The zero-order valence-corrected chi connectivity index (χ0v) is 8.49. The van der Waals surface area contributed by atoms with Gasteiger partial charge in [0, 0.05) is 0 Å². The zero-order chi connectivity index (χ0) is 10.8. The Kier molecular flexibility index (Phi) is 2.53. The molecule has 1 aliphatic heterocycles. The smallest absolute Gasteiger partial charge is 0.316 e. The van der Waals surface area contributed by atoms with Crippen LogP contribution in [0.2, 0.25) is 0 Å². The first-order chi connectivity index (χ1) is 7.24. The lowest BCUT2D eigenvalue weighted by molar-refractivity contribution is -0.146. The van der Waals surface area contributed by atoms with Gasteiger partial charge in [0.1, 0.15) is 19.1 Å². The summed E-state index contributed by atoms with van der Waals surface area (Å²) in [6.07, 6.45) is 2.26. The third kappa shape index (κ3) is 1.65. The van der Waals surface area contributed by atoms with E-state index in [-0.39, 0.29) is 5.97 Å². The summed E-state index contributed by atoms with van der Waals surface area (Å²) in [4.78, 5) is 11.5. The molecule has 2 aliphatic rings. The highest BCUT2D eigenvalue weighted by Gasteiger charge is 2.34. The molecule has 0 radical (unpaired) electrons. The third-order valence-electron chi connectivity index (χ3n) is 2.45. The van der Waals surface area contributed by atoms with E-state index in [0.29, 0.717) is 36.8 Å². The fourth-order valence-corrected chi connectivity index (χ4v) is 1.71. The van der Waals surface area contributed by atoms with Gasteiger partial charge in [-0.1, -0.05) is 6.08 Å². The first-order valence-corrected chi connectivity index (χ1v) is 4.77. The normalized spacial score (nSPS) is 24.6. The average Bonchev–Trinajstić information content (AvgIpc) is 2.29. The molecule has 0 saturated heterocycles. The first-order valence-electron chi connectivity index (χ1n) is 4.77. The van der Waals surface area contributed by atoms with Crippen molar-refractivity contribution in [1.29, 1.82) is 0 Å². The van der Waals surface area contributed by atoms with Crippen LogP contribution in [0, 0.1) is 5.92 Å². The highest BCUT2D eigenvalue weighted by Crippen LogP contribution is 2.32. The van der Waals surface area contributed by atoms with Crippen LogP contribution in [0.5, 0.6) is 0 Å². The predicted octanol–water partition coefficient (Wildman–Crippen LogP) is 0.280. The van der Waals surface area contributed by atoms with E-state index in [1.165, 1.54) is 7.11 Å². The van der Waals surface area contributed by atoms with E-state index in [2.05, 4.69) is 0 Å². The van der Waals surface area contributed by atoms with Gasteiger partial charge in [0.05, 0.1) is 12.8 Å². The van der Waals surface area contributed by atoms with Crippen LogP contribution >= 0.6 is 0 Å². The number of methoxy groups -OCH3 is 1. The highest BCUT2D eigenvalue weighted by molar-refractivity contribution is 5.76. The number of hydrogen-bond donors (Lipinski definition) is 1. The van der Waals surface area contributed by atoms with Crippen LogP contribution in [0.4, 0.5) is 0 Å². The first kappa shape index (κ1) is 9.89. The van der Waals surface area contributed by atoms with Gasteiger partial charge in [0.2, 0.25) is 0 Å². The lowest BCUT2D eigenvalue weighted by Crippen LogP contribution is -2.30. The Balaban J connectivity index is 2.31. The molecule has 0 aromatic heterocycles. The van der Waals surface area contributed by atoms with Crippen LogP contribution in [-0.2, 0) is 19.0 Å². The summed E-state index contributed by atoms with van der Waals surface area (Å²) in [7, 11) is 1.36. The molecule has 2 N–H and O–H groups in total. The van der Waals surface area contributed by atoms with E-state index in [9.17, 15) is 4.79 Å². The molecule has 1 unspecified atom stereocenters. The molecule has 0 saturated carbocycles. The minimum Gasteiger partial charge on any atom is -0.489 e. The molecular formula is C10H13NO4. The lowest BCUT2D eigenvalue weighted by Gasteiger charge is -2.29. The summed E-state index contributed by atoms with van der Waals surface area (Å²) in [5, 5.41) is 0. The lowest BCUT2D eigenvalue weighted by atomic mass is 9.95. The van der Waals surface area contributed by atoms with Crippen molar-refractivity contribution < 1.29 is 19.0 Å². The van der Waals surface area contributed by atoms with Gasteiger partial charge in [0.25, 0.3) is 0 Å². The second-order valence-electron chi connectivity index (χ2n) is 3.36. The van der Waals surface area contributed by atoms with E-state index >= 15 is 0 Å². The number of carbonyl (C=O) groups is 1. The van der Waals surface area contributed by atoms with Crippen LogP contribution in [0.15, 0.2) is 23.3 Å². The van der Waals surface area contributed by atoms with Gasteiger partial charge in [-0.15, -0.1) is 0 Å². The van der Waals surface area contributed by atoms with E-state index in [4.69, 9.17) is 19.9 Å². The summed E-state index contributed by atoms with van der Waals surface area (Å²) in [5.74, 6) is 0.255. The Labute approximate surface area is 87.5 Å². The predicted molar refractivity (Wildman–Crippen MR) is 51.3 cm³/mol. The molecule has 0 aromatic rings. The van der Waals surface area contributed by atoms with Crippen molar-refractivity contribution in [2.75, 3.05) is 20.3 Å². The van der Waals surface area contributed by atoms with Crippen LogP contribution in [0.3, 0.4) is 0 Å². The maximum atomic E-state index is 11.5. The standard InChI is InChI=1S/C10H13NO4/c1-13-10(12)6-2-3-7(11)9-8(6)14-4-5-15-9/h3,6H,2,4-5,11H2,1H3. The van der Waals surface area contributed by atoms with Gasteiger partial charge < -0.3 is 19.9 Å². The van der Waals surface area contributed by atoms with E-state index < -0.39 is 5.92 Å². The summed E-state index contributed by atoms with van der Waals surface area (Å²) < 4.78 is 15.5. The minimum atomic E-state index is -0.419. The molecule has 82 valence electrons. The van der Waals surface area contributed by atoms with Crippen molar-refractivity contribution in [3.63, 3.8) is 0 Å². The second-order valence-corrected chi connectivity index (χ2v) is 3.36. The minimum absolute atomic E-state index is 0.322. The molecule has 5 nitrogen and oxygen atoms in total. The SMILES string of the molecule is COC(=O)C1CC=C(N)C2=C1OCCO2.